The van der Waals surface area contributed by atoms with Gasteiger partial charge >= 0.3 is 5.97 Å². The average molecular weight is 223 g/mol. The molecule has 1 amide bonds. The summed E-state index contributed by atoms with van der Waals surface area (Å²) in [5.74, 6) is -0.538. The molecule has 1 N–H and O–H groups in total. The van der Waals surface area contributed by atoms with Crippen molar-refractivity contribution >= 4 is 11.9 Å². The van der Waals surface area contributed by atoms with Gasteiger partial charge < -0.3 is 9.64 Å². The number of hydrogen-bond donors (Lipinski definition) is 1. The van der Waals surface area contributed by atoms with Crippen molar-refractivity contribution in [2.75, 3.05) is 20.2 Å². The van der Waals surface area contributed by atoms with E-state index in [1.54, 1.807) is 11.1 Å². The Bertz CT molecular complexity index is 388. The van der Waals surface area contributed by atoms with Crippen molar-refractivity contribution in [2.45, 2.75) is 6.42 Å². The Balaban J connectivity index is 1.99. The van der Waals surface area contributed by atoms with E-state index >= 15 is 0 Å². The molecule has 2 heterocycles. The predicted molar refractivity (Wildman–Crippen MR) is 54.6 cm³/mol. The van der Waals surface area contributed by atoms with Crippen molar-refractivity contribution in [3.63, 3.8) is 0 Å². The standard InChI is InChI=1S/C10H13N3O3/c1-16-10(15)7-2-3-13(6-7)9(14)8-4-11-12-5-8/h4-5,7H,2-3,6H2,1H3,(H,11,12). The first kappa shape index (κ1) is 10.7. The van der Waals surface area contributed by atoms with Gasteiger partial charge in [0.25, 0.3) is 5.91 Å². The molecule has 1 unspecified atom stereocenters. The number of ether oxygens (including phenoxy) is 1. The van der Waals surface area contributed by atoms with Crippen LogP contribution < -0.4 is 0 Å². The number of amides is 1. The van der Waals surface area contributed by atoms with E-state index in [-0.39, 0.29) is 17.8 Å². The van der Waals surface area contributed by atoms with Gasteiger partial charge in [0, 0.05) is 19.3 Å². The van der Waals surface area contributed by atoms with Crippen molar-refractivity contribution < 1.29 is 14.3 Å². The topological polar surface area (TPSA) is 75.3 Å². The molecule has 0 radical (unpaired) electrons. The summed E-state index contributed by atoms with van der Waals surface area (Å²) in [6, 6.07) is 0. The van der Waals surface area contributed by atoms with E-state index in [4.69, 9.17) is 0 Å². The fraction of sp³-hybridized carbons (Fsp3) is 0.500. The Hall–Kier alpha value is -1.85. The van der Waals surface area contributed by atoms with Crippen LogP contribution in [0, 0.1) is 5.92 Å². The zero-order valence-corrected chi connectivity index (χ0v) is 8.97. The zero-order valence-electron chi connectivity index (χ0n) is 8.97. The number of carbonyl (C=O) groups excluding carboxylic acids is 2. The number of nitrogens with one attached hydrogen (secondary N) is 1. The number of nitrogens with zero attached hydrogens (tertiary/aromatic N) is 2. The number of carbonyl (C=O) groups is 2. The molecule has 1 aromatic rings. The second-order valence-electron chi connectivity index (χ2n) is 3.75. The lowest BCUT2D eigenvalue weighted by atomic mass is 10.1. The zero-order chi connectivity index (χ0) is 11.5. The Labute approximate surface area is 92.6 Å². The molecule has 86 valence electrons. The molecule has 0 spiro atoms. The van der Waals surface area contributed by atoms with E-state index in [9.17, 15) is 9.59 Å². The highest BCUT2D eigenvalue weighted by Crippen LogP contribution is 2.19. The van der Waals surface area contributed by atoms with Crippen LogP contribution >= 0.6 is 0 Å². The number of rotatable bonds is 2. The molecule has 6 nitrogen and oxygen atoms in total. The van der Waals surface area contributed by atoms with Gasteiger partial charge in [0.05, 0.1) is 24.8 Å². The number of esters is 1. The summed E-state index contributed by atoms with van der Waals surface area (Å²) in [6.45, 7) is 1.01. The van der Waals surface area contributed by atoms with Crippen molar-refractivity contribution in [3.8, 4) is 0 Å². The normalized spacial score (nSPS) is 19.8. The SMILES string of the molecule is COC(=O)C1CCN(C(=O)c2cn[nH]c2)C1. The quantitative estimate of drug-likeness (QED) is 0.718. The molecule has 0 aliphatic carbocycles. The fourth-order valence-corrected chi connectivity index (χ4v) is 1.85. The highest BCUT2D eigenvalue weighted by molar-refractivity contribution is 5.94. The van der Waals surface area contributed by atoms with E-state index in [0.717, 1.165) is 0 Å². The molecule has 2 rings (SSSR count). The number of aromatic amines is 1. The van der Waals surface area contributed by atoms with Gasteiger partial charge in [-0.05, 0) is 6.42 Å². The van der Waals surface area contributed by atoms with Gasteiger partial charge in [-0.1, -0.05) is 0 Å². The highest BCUT2D eigenvalue weighted by Gasteiger charge is 2.32. The maximum Gasteiger partial charge on any atom is 0.310 e. The Morgan fingerprint density at radius 3 is 3.06 bits per heavy atom. The van der Waals surface area contributed by atoms with Crippen LogP contribution in [0.4, 0.5) is 0 Å². The van der Waals surface area contributed by atoms with Crippen LogP contribution in [-0.4, -0.2) is 47.2 Å². The third kappa shape index (κ3) is 1.91. The van der Waals surface area contributed by atoms with Crippen molar-refractivity contribution in [2.24, 2.45) is 5.92 Å². The summed E-state index contributed by atoms with van der Waals surface area (Å²) in [5, 5.41) is 6.31. The molecule has 1 aromatic heterocycles. The summed E-state index contributed by atoms with van der Waals surface area (Å²) in [7, 11) is 1.36. The van der Waals surface area contributed by atoms with E-state index in [0.29, 0.717) is 25.1 Å². The number of aromatic nitrogens is 2. The van der Waals surface area contributed by atoms with Crippen LogP contribution in [0.1, 0.15) is 16.8 Å². The Morgan fingerprint density at radius 2 is 2.44 bits per heavy atom. The maximum atomic E-state index is 11.9. The number of methoxy groups -OCH3 is 1. The van der Waals surface area contributed by atoms with E-state index in [1.807, 2.05) is 0 Å². The van der Waals surface area contributed by atoms with Crippen molar-refractivity contribution in [3.05, 3.63) is 18.0 Å². The molecular weight excluding hydrogens is 210 g/mol. The van der Waals surface area contributed by atoms with Gasteiger partial charge in [-0.15, -0.1) is 0 Å². The first-order valence-corrected chi connectivity index (χ1v) is 5.08. The van der Waals surface area contributed by atoms with E-state index in [1.165, 1.54) is 13.3 Å². The molecule has 1 aliphatic heterocycles. The van der Waals surface area contributed by atoms with E-state index in [2.05, 4.69) is 14.9 Å². The van der Waals surface area contributed by atoms with E-state index < -0.39 is 0 Å². The second-order valence-corrected chi connectivity index (χ2v) is 3.75. The third-order valence-electron chi connectivity index (χ3n) is 2.76. The second kappa shape index (κ2) is 4.34. The molecule has 1 saturated heterocycles. The minimum Gasteiger partial charge on any atom is -0.469 e. The van der Waals surface area contributed by atoms with Crippen LogP contribution in [0.25, 0.3) is 0 Å². The third-order valence-corrected chi connectivity index (χ3v) is 2.76. The van der Waals surface area contributed by atoms with Crippen LogP contribution in [0.15, 0.2) is 12.4 Å². The van der Waals surface area contributed by atoms with Crippen LogP contribution in [0.5, 0.6) is 0 Å². The summed E-state index contributed by atoms with van der Waals surface area (Å²) in [6.07, 6.45) is 3.69. The fourth-order valence-electron chi connectivity index (χ4n) is 1.85. The molecule has 16 heavy (non-hydrogen) atoms. The predicted octanol–water partition coefficient (Wildman–Crippen LogP) is 0.0448. The molecule has 1 aliphatic rings. The maximum absolute atomic E-state index is 11.9. The molecule has 6 heteroatoms. The minimum atomic E-state index is -0.248. The minimum absolute atomic E-state index is 0.0971. The monoisotopic (exact) mass is 223 g/mol. The average Bonchev–Trinajstić information content (AvgIpc) is 2.97. The molecule has 1 atom stereocenters. The Kier molecular flexibility index (Phi) is 2.89. The molecule has 0 bridgehead atoms. The Morgan fingerprint density at radius 1 is 1.62 bits per heavy atom. The molecule has 0 saturated carbocycles. The first-order chi connectivity index (χ1) is 7.72. The molecular formula is C10H13N3O3. The molecule has 1 fully saturated rings. The summed E-state index contributed by atoms with van der Waals surface area (Å²) < 4.78 is 4.66. The van der Waals surface area contributed by atoms with Crippen molar-refractivity contribution in [1.82, 2.24) is 15.1 Å². The van der Waals surface area contributed by atoms with Gasteiger partial charge in [0.2, 0.25) is 0 Å². The first-order valence-electron chi connectivity index (χ1n) is 5.08. The van der Waals surface area contributed by atoms with Gasteiger partial charge in [0.15, 0.2) is 0 Å². The molecule has 0 aromatic carbocycles. The summed E-state index contributed by atoms with van der Waals surface area (Å²) in [5.41, 5.74) is 0.519. The van der Waals surface area contributed by atoms with Gasteiger partial charge in [0.1, 0.15) is 0 Å². The van der Waals surface area contributed by atoms with Gasteiger partial charge in [-0.3, -0.25) is 14.7 Å². The smallest absolute Gasteiger partial charge is 0.310 e. The highest BCUT2D eigenvalue weighted by atomic mass is 16.5. The number of H-pyrrole nitrogens is 1. The number of hydrogen-bond acceptors (Lipinski definition) is 4. The summed E-state index contributed by atoms with van der Waals surface area (Å²) in [4.78, 5) is 24.8. The summed E-state index contributed by atoms with van der Waals surface area (Å²) >= 11 is 0. The lowest BCUT2D eigenvalue weighted by Crippen LogP contribution is -2.29. The van der Waals surface area contributed by atoms with Gasteiger partial charge in [-0.25, -0.2) is 0 Å². The van der Waals surface area contributed by atoms with Crippen molar-refractivity contribution in [1.29, 1.82) is 0 Å². The largest absolute Gasteiger partial charge is 0.469 e. The van der Waals surface area contributed by atoms with Crippen LogP contribution in [-0.2, 0) is 9.53 Å². The number of likely N-dealkylation sites (tertiary alicyclic amines) is 1. The lowest BCUT2D eigenvalue weighted by Gasteiger charge is -2.14. The lowest BCUT2D eigenvalue weighted by molar-refractivity contribution is -0.144. The van der Waals surface area contributed by atoms with Gasteiger partial charge in [-0.2, -0.15) is 5.10 Å². The van der Waals surface area contributed by atoms with Crippen LogP contribution in [0.3, 0.4) is 0 Å². The van der Waals surface area contributed by atoms with Crippen LogP contribution in [0.2, 0.25) is 0 Å².